The van der Waals surface area contributed by atoms with Crippen molar-refractivity contribution in [2.45, 2.75) is 25.7 Å². The highest BCUT2D eigenvalue weighted by Gasteiger charge is 2.27. The normalized spacial score (nSPS) is 17.9. The molecule has 6 rings (SSSR count). The molecule has 0 unspecified atom stereocenters. The van der Waals surface area contributed by atoms with Gasteiger partial charge in [-0.1, -0.05) is 29.3 Å². The maximum absolute atomic E-state index is 13.0. The van der Waals surface area contributed by atoms with E-state index >= 15 is 0 Å². The fourth-order valence-corrected chi connectivity index (χ4v) is 6.01. The Bertz CT molecular complexity index is 1270. The van der Waals surface area contributed by atoms with E-state index in [1.54, 1.807) is 17.0 Å². The summed E-state index contributed by atoms with van der Waals surface area (Å²) in [5.74, 6) is 2.25. The summed E-state index contributed by atoms with van der Waals surface area (Å²) >= 11 is 13.5. The van der Waals surface area contributed by atoms with Crippen LogP contribution in [0.1, 0.15) is 25.7 Å². The summed E-state index contributed by atoms with van der Waals surface area (Å²) < 4.78 is 0. The van der Waals surface area contributed by atoms with Crippen molar-refractivity contribution in [2.24, 2.45) is 0 Å². The number of nitrogens with zero attached hydrogens (tertiary/aromatic N) is 8. The third-order valence-corrected chi connectivity index (χ3v) is 8.66. The number of thiazole rings is 1. The first kappa shape index (κ1) is 25.4. The largest absolute Gasteiger partial charge is 0.341 e. The lowest BCUT2D eigenvalue weighted by Crippen LogP contribution is -2.50. The van der Waals surface area contributed by atoms with Crippen LogP contribution in [-0.2, 0) is 0 Å². The van der Waals surface area contributed by atoms with Gasteiger partial charge in [-0.3, -0.25) is 5.32 Å². The average molecular weight is 575 g/mol. The monoisotopic (exact) mass is 573 g/mol. The molecule has 0 aliphatic carbocycles. The second kappa shape index (κ2) is 11.1. The van der Waals surface area contributed by atoms with Crippen LogP contribution in [0.4, 0.5) is 27.8 Å². The second-order valence-electron chi connectivity index (χ2n) is 9.69. The fraction of sp³-hybridized carbons (Fsp3) is 0.480. The minimum Gasteiger partial charge on any atom is -0.341 e. The van der Waals surface area contributed by atoms with E-state index in [1.165, 1.54) is 37.0 Å². The standard InChI is InChI=1S/C25H29Cl2N9OS/c26-18-6-5-17(15-19(18)27)20-16-38-24(28-20)32-25(37)36-13-11-35(12-14-36)23-30-21(33-7-1-2-8-33)29-22(31-23)34-9-3-4-10-34/h5-6,15-16H,1-4,7-14H2,(H,28,32,37). The van der Waals surface area contributed by atoms with E-state index in [2.05, 4.69) is 25.0 Å². The Labute approximate surface area is 235 Å². The molecule has 1 aromatic carbocycles. The topological polar surface area (TPSA) is 93.6 Å². The lowest BCUT2D eigenvalue weighted by Gasteiger charge is -2.35. The predicted octanol–water partition coefficient (Wildman–Crippen LogP) is 4.86. The second-order valence-corrected chi connectivity index (χ2v) is 11.4. The Morgan fingerprint density at radius 3 is 1.84 bits per heavy atom. The fourth-order valence-electron chi connectivity index (χ4n) is 5.00. The van der Waals surface area contributed by atoms with E-state index in [0.29, 0.717) is 47.3 Å². The zero-order valence-corrected chi connectivity index (χ0v) is 23.3. The zero-order chi connectivity index (χ0) is 26.1. The first-order chi connectivity index (χ1) is 18.5. The molecular formula is C25H29Cl2N9OS. The molecule has 2 aromatic heterocycles. The first-order valence-corrected chi connectivity index (χ1v) is 14.6. The Morgan fingerprint density at radius 2 is 1.29 bits per heavy atom. The predicted molar refractivity (Wildman–Crippen MR) is 153 cm³/mol. The molecule has 3 fully saturated rings. The number of benzene rings is 1. The van der Waals surface area contributed by atoms with Crippen molar-refractivity contribution >= 4 is 63.5 Å². The van der Waals surface area contributed by atoms with Crippen molar-refractivity contribution in [1.29, 1.82) is 0 Å². The van der Waals surface area contributed by atoms with E-state index in [0.717, 1.165) is 49.3 Å². The van der Waals surface area contributed by atoms with Crippen molar-refractivity contribution in [3.8, 4) is 11.3 Å². The maximum atomic E-state index is 13.0. The molecule has 38 heavy (non-hydrogen) atoms. The minimum absolute atomic E-state index is 0.161. The number of halogens is 2. The highest BCUT2D eigenvalue weighted by Crippen LogP contribution is 2.31. The molecule has 10 nitrogen and oxygen atoms in total. The van der Waals surface area contributed by atoms with Gasteiger partial charge in [-0.25, -0.2) is 9.78 Å². The van der Waals surface area contributed by atoms with Crippen LogP contribution >= 0.6 is 34.5 Å². The average Bonchev–Trinajstić information content (AvgIpc) is 3.73. The molecule has 3 aromatic rings. The molecule has 200 valence electrons. The molecule has 1 N–H and O–H groups in total. The third-order valence-electron chi connectivity index (χ3n) is 7.16. The number of carbonyl (C=O) groups excluding carboxylic acids is 1. The molecular weight excluding hydrogens is 545 g/mol. The van der Waals surface area contributed by atoms with E-state index in [4.69, 9.17) is 38.2 Å². The Kier molecular flexibility index (Phi) is 7.40. The number of carbonyl (C=O) groups is 1. The van der Waals surface area contributed by atoms with Crippen LogP contribution in [0.5, 0.6) is 0 Å². The smallest absolute Gasteiger partial charge is 0.323 e. The molecule has 3 aliphatic heterocycles. The maximum Gasteiger partial charge on any atom is 0.323 e. The van der Waals surface area contributed by atoms with Crippen molar-refractivity contribution in [2.75, 3.05) is 72.4 Å². The van der Waals surface area contributed by atoms with Gasteiger partial charge in [0.15, 0.2) is 5.13 Å². The summed E-state index contributed by atoms with van der Waals surface area (Å²) in [7, 11) is 0. The summed E-state index contributed by atoms with van der Waals surface area (Å²) in [6.07, 6.45) is 4.67. The number of hydrogen-bond donors (Lipinski definition) is 1. The van der Waals surface area contributed by atoms with E-state index in [1.807, 2.05) is 11.4 Å². The van der Waals surface area contributed by atoms with Crippen molar-refractivity contribution in [3.63, 3.8) is 0 Å². The summed E-state index contributed by atoms with van der Waals surface area (Å²) in [6, 6.07) is 5.21. The van der Waals surface area contributed by atoms with Crippen LogP contribution in [0.15, 0.2) is 23.6 Å². The van der Waals surface area contributed by atoms with Crippen LogP contribution < -0.4 is 20.0 Å². The summed E-state index contributed by atoms with van der Waals surface area (Å²) in [4.78, 5) is 40.5. The third kappa shape index (κ3) is 5.45. The number of urea groups is 1. The van der Waals surface area contributed by atoms with Gasteiger partial charge in [0.1, 0.15) is 0 Å². The van der Waals surface area contributed by atoms with E-state index < -0.39 is 0 Å². The molecule has 0 atom stereocenters. The molecule has 2 amide bonds. The van der Waals surface area contributed by atoms with Gasteiger partial charge in [0, 0.05) is 63.3 Å². The van der Waals surface area contributed by atoms with Crippen LogP contribution in [-0.4, -0.2) is 83.2 Å². The van der Waals surface area contributed by atoms with Gasteiger partial charge in [-0.15, -0.1) is 11.3 Å². The lowest BCUT2D eigenvalue weighted by molar-refractivity contribution is 0.208. The number of aromatic nitrogens is 4. The number of rotatable bonds is 5. The zero-order valence-electron chi connectivity index (χ0n) is 20.9. The van der Waals surface area contributed by atoms with Gasteiger partial charge in [0.05, 0.1) is 15.7 Å². The van der Waals surface area contributed by atoms with Gasteiger partial charge in [0.2, 0.25) is 17.8 Å². The lowest BCUT2D eigenvalue weighted by atomic mass is 10.2. The number of anilines is 4. The van der Waals surface area contributed by atoms with Crippen molar-refractivity contribution in [1.82, 2.24) is 24.8 Å². The molecule has 0 radical (unpaired) electrons. The SMILES string of the molecule is O=C(Nc1nc(-c2ccc(Cl)c(Cl)c2)cs1)N1CCN(c2nc(N3CCCC3)nc(N3CCCC3)n2)CC1. The van der Waals surface area contributed by atoms with Gasteiger partial charge < -0.3 is 19.6 Å². The highest BCUT2D eigenvalue weighted by molar-refractivity contribution is 7.14. The van der Waals surface area contributed by atoms with Crippen molar-refractivity contribution < 1.29 is 4.79 Å². The van der Waals surface area contributed by atoms with E-state index in [-0.39, 0.29) is 6.03 Å². The van der Waals surface area contributed by atoms with Gasteiger partial charge in [-0.05, 0) is 37.8 Å². The molecule has 0 saturated carbocycles. The molecule has 5 heterocycles. The van der Waals surface area contributed by atoms with Gasteiger partial charge >= 0.3 is 6.03 Å². The molecule has 3 aliphatic rings. The van der Waals surface area contributed by atoms with Gasteiger partial charge in [0.25, 0.3) is 0 Å². The molecule has 0 spiro atoms. The number of hydrogen-bond acceptors (Lipinski definition) is 9. The molecule has 13 heteroatoms. The van der Waals surface area contributed by atoms with Crippen LogP contribution in [0.25, 0.3) is 11.3 Å². The Morgan fingerprint density at radius 1 is 0.737 bits per heavy atom. The highest BCUT2D eigenvalue weighted by atomic mass is 35.5. The van der Waals surface area contributed by atoms with E-state index in [9.17, 15) is 4.79 Å². The Hall–Kier alpha value is -2.89. The summed E-state index contributed by atoms with van der Waals surface area (Å²) in [6.45, 7) is 6.40. The van der Waals surface area contributed by atoms with Gasteiger partial charge in [-0.2, -0.15) is 15.0 Å². The van der Waals surface area contributed by atoms with Crippen LogP contribution in [0.3, 0.4) is 0 Å². The van der Waals surface area contributed by atoms with Crippen LogP contribution in [0.2, 0.25) is 10.0 Å². The van der Waals surface area contributed by atoms with Crippen molar-refractivity contribution in [3.05, 3.63) is 33.6 Å². The quantitative estimate of drug-likeness (QED) is 0.462. The minimum atomic E-state index is -0.161. The first-order valence-electron chi connectivity index (χ1n) is 13.0. The summed E-state index contributed by atoms with van der Waals surface area (Å²) in [5, 5.41) is 6.34. The number of piperazine rings is 1. The molecule has 0 bridgehead atoms. The molecule has 3 saturated heterocycles. The number of nitrogens with one attached hydrogen (secondary N) is 1. The Balaban J connectivity index is 1.10. The number of amides is 2. The van der Waals surface area contributed by atoms with Crippen LogP contribution in [0, 0.1) is 0 Å². The summed E-state index contributed by atoms with van der Waals surface area (Å²) in [5.41, 5.74) is 1.59.